The lowest BCUT2D eigenvalue weighted by Gasteiger charge is -2.43. The van der Waals surface area contributed by atoms with Gasteiger partial charge < -0.3 is 14.9 Å². The quantitative estimate of drug-likeness (QED) is 0.781. The minimum absolute atomic E-state index is 0.115. The number of anilines is 1. The van der Waals surface area contributed by atoms with E-state index in [4.69, 9.17) is 5.26 Å². The van der Waals surface area contributed by atoms with Gasteiger partial charge in [0.2, 0.25) is 0 Å². The molecule has 0 aliphatic carbocycles. The third-order valence-corrected chi connectivity index (χ3v) is 6.53. The summed E-state index contributed by atoms with van der Waals surface area (Å²) in [5.41, 5.74) is -0.598. The van der Waals surface area contributed by atoms with E-state index in [1.807, 2.05) is 4.90 Å². The summed E-state index contributed by atoms with van der Waals surface area (Å²) in [5.74, 6) is -0.391. The van der Waals surface area contributed by atoms with Crippen LogP contribution in [0.1, 0.15) is 33.7 Å². The third kappa shape index (κ3) is 3.88. The second-order valence-electron chi connectivity index (χ2n) is 8.48. The van der Waals surface area contributed by atoms with Crippen LogP contribution in [-0.4, -0.2) is 58.7 Å². The van der Waals surface area contributed by atoms with Crippen LogP contribution in [0.4, 0.5) is 18.9 Å². The van der Waals surface area contributed by atoms with Crippen molar-refractivity contribution in [2.45, 2.75) is 19.5 Å². The summed E-state index contributed by atoms with van der Waals surface area (Å²) in [7, 11) is 0. The maximum Gasteiger partial charge on any atom is 0.417 e. The first-order valence-electron chi connectivity index (χ1n) is 10.2. The second kappa shape index (κ2) is 8.06. The number of hydrogen-bond donors (Lipinski definition) is 1. The molecule has 0 unspecified atom stereocenters. The molecule has 168 valence electrons. The van der Waals surface area contributed by atoms with Gasteiger partial charge in [-0.3, -0.25) is 9.78 Å². The summed E-state index contributed by atoms with van der Waals surface area (Å²) >= 11 is 0. The van der Waals surface area contributed by atoms with Gasteiger partial charge in [0.05, 0.1) is 35.7 Å². The number of aliphatic hydroxyl groups excluding tert-OH is 1. The summed E-state index contributed by atoms with van der Waals surface area (Å²) in [6.45, 7) is 3.22. The Labute approximate surface area is 183 Å². The molecule has 2 fully saturated rings. The number of alkyl halides is 3. The van der Waals surface area contributed by atoms with Crippen LogP contribution >= 0.6 is 0 Å². The number of amides is 1. The molecule has 2 aromatic rings. The molecule has 1 amide bonds. The highest BCUT2D eigenvalue weighted by atomic mass is 19.4. The summed E-state index contributed by atoms with van der Waals surface area (Å²) in [5, 5.41) is 19.2. The molecule has 7 nitrogen and oxygen atoms in total. The van der Waals surface area contributed by atoms with Crippen LogP contribution in [0, 0.1) is 29.6 Å². The fourth-order valence-electron chi connectivity index (χ4n) is 4.66. The predicted octanol–water partition coefficient (Wildman–Crippen LogP) is 2.64. The number of aromatic nitrogens is 2. The lowest BCUT2D eigenvalue weighted by Crippen LogP contribution is -2.49. The molecule has 2 atom stereocenters. The predicted molar refractivity (Wildman–Crippen MR) is 109 cm³/mol. The van der Waals surface area contributed by atoms with Crippen molar-refractivity contribution in [3.8, 4) is 6.07 Å². The standard InChI is InChI=1S/C22H22F3N5O2/c1-14-8-28-19(9-27-14)20(32)30-11-16-10-29(5-4-21(16,12-30)13-31)17-3-2-15(7-26)18(6-17)22(23,24)25/h2-3,6,8-9,16,31H,4-5,10-13H2,1H3/t16-,21+/m1/s1. The monoisotopic (exact) mass is 445 g/mol. The molecular weight excluding hydrogens is 423 g/mol. The highest BCUT2D eigenvalue weighted by Crippen LogP contribution is 2.44. The van der Waals surface area contributed by atoms with E-state index in [2.05, 4.69) is 9.97 Å². The molecule has 0 saturated carbocycles. The molecule has 1 aromatic carbocycles. The number of nitriles is 1. The van der Waals surface area contributed by atoms with E-state index in [-0.39, 0.29) is 24.1 Å². The van der Waals surface area contributed by atoms with Crippen LogP contribution in [0.25, 0.3) is 0 Å². The molecule has 2 aliphatic heterocycles. The number of aliphatic hydroxyl groups is 1. The van der Waals surface area contributed by atoms with Crippen LogP contribution < -0.4 is 4.90 Å². The fourth-order valence-corrected chi connectivity index (χ4v) is 4.66. The number of hydrogen-bond acceptors (Lipinski definition) is 6. The van der Waals surface area contributed by atoms with E-state index in [1.165, 1.54) is 24.5 Å². The summed E-state index contributed by atoms with van der Waals surface area (Å²) in [4.78, 5) is 24.6. The minimum atomic E-state index is -4.63. The van der Waals surface area contributed by atoms with Gasteiger partial charge in [-0.2, -0.15) is 18.4 Å². The molecule has 2 saturated heterocycles. The minimum Gasteiger partial charge on any atom is -0.396 e. The Balaban J connectivity index is 1.56. The zero-order valence-electron chi connectivity index (χ0n) is 17.4. The first-order valence-corrected chi connectivity index (χ1v) is 10.2. The molecule has 3 heterocycles. The maximum atomic E-state index is 13.4. The van der Waals surface area contributed by atoms with E-state index < -0.39 is 22.7 Å². The average Bonchev–Trinajstić information content (AvgIpc) is 3.17. The number of benzene rings is 1. The van der Waals surface area contributed by atoms with Crippen molar-refractivity contribution >= 4 is 11.6 Å². The molecule has 2 aliphatic rings. The zero-order valence-corrected chi connectivity index (χ0v) is 17.4. The molecule has 0 bridgehead atoms. The number of halogens is 3. The Hall–Kier alpha value is -3.19. The molecule has 10 heteroatoms. The van der Waals surface area contributed by atoms with Gasteiger partial charge in [0, 0.05) is 49.4 Å². The van der Waals surface area contributed by atoms with E-state index in [0.717, 1.165) is 6.07 Å². The van der Waals surface area contributed by atoms with Crippen molar-refractivity contribution < 1.29 is 23.1 Å². The van der Waals surface area contributed by atoms with E-state index in [0.29, 0.717) is 44.0 Å². The Morgan fingerprint density at radius 3 is 2.72 bits per heavy atom. The molecule has 1 aromatic heterocycles. The topological polar surface area (TPSA) is 93.4 Å². The van der Waals surface area contributed by atoms with Gasteiger partial charge in [-0.15, -0.1) is 0 Å². The number of nitrogens with zero attached hydrogens (tertiary/aromatic N) is 5. The molecule has 32 heavy (non-hydrogen) atoms. The normalized spacial score (nSPS) is 23.1. The Kier molecular flexibility index (Phi) is 5.54. The van der Waals surface area contributed by atoms with Gasteiger partial charge in [-0.25, -0.2) is 4.98 Å². The van der Waals surface area contributed by atoms with Crippen LogP contribution in [0.5, 0.6) is 0 Å². The van der Waals surface area contributed by atoms with Crippen LogP contribution in [-0.2, 0) is 6.18 Å². The average molecular weight is 445 g/mol. The number of fused-ring (bicyclic) bond motifs is 1. The van der Waals surface area contributed by atoms with Gasteiger partial charge in [0.1, 0.15) is 5.69 Å². The Morgan fingerprint density at radius 1 is 1.31 bits per heavy atom. The summed E-state index contributed by atoms with van der Waals surface area (Å²) in [6.07, 6.45) is -1.16. The van der Waals surface area contributed by atoms with Gasteiger partial charge in [-0.1, -0.05) is 0 Å². The van der Waals surface area contributed by atoms with Gasteiger partial charge >= 0.3 is 6.18 Å². The van der Waals surface area contributed by atoms with E-state index in [9.17, 15) is 23.1 Å². The Bertz CT molecular complexity index is 1070. The smallest absolute Gasteiger partial charge is 0.396 e. The maximum absolute atomic E-state index is 13.4. The van der Waals surface area contributed by atoms with E-state index in [1.54, 1.807) is 17.9 Å². The van der Waals surface area contributed by atoms with Crippen molar-refractivity contribution in [1.29, 1.82) is 5.26 Å². The first kappa shape index (κ1) is 22.0. The van der Waals surface area contributed by atoms with Gasteiger partial charge in [0.25, 0.3) is 5.91 Å². The Morgan fingerprint density at radius 2 is 2.09 bits per heavy atom. The highest BCUT2D eigenvalue weighted by Gasteiger charge is 2.50. The number of aryl methyl sites for hydroxylation is 1. The van der Waals surface area contributed by atoms with Gasteiger partial charge in [0.15, 0.2) is 0 Å². The largest absolute Gasteiger partial charge is 0.417 e. The number of likely N-dealkylation sites (tertiary alicyclic amines) is 1. The van der Waals surface area contributed by atoms with Crippen molar-refractivity contribution in [2.24, 2.45) is 11.3 Å². The molecule has 0 radical (unpaired) electrons. The number of piperidine rings is 1. The highest BCUT2D eigenvalue weighted by molar-refractivity contribution is 5.92. The van der Waals surface area contributed by atoms with Crippen molar-refractivity contribution in [2.75, 3.05) is 37.7 Å². The SMILES string of the molecule is Cc1cnc(C(=O)N2C[C@H]3CN(c4ccc(C#N)c(C(F)(F)F)c4)CC[C@@]3(CO)C2)cn1. The van der Waals surface area contributed by atoms with Gasteiger partial charge in [-0.05, 0) is 31.5 Å². The number of carbonyl (C=O) groups is 1. The van der Waals surface area contributed by atoms with E-state index >= 15 is 0 Å². The third-order valence-electron chi connectivity index (χ3n) is 6.53. The lowest BCUT2D eigenvalue weighted by molar-refractivity contribution is -0.137. The van der Waals surface area contributed by atoms with Crippen LogP contribution in [0.3, 0.4) is 0 Å². The summed E-state index contributed by atoms with van der Waals surface area (Å²) in [6, 6.07) is 5.30. The molecule has 4 rings (SSSR count). The van der Waals surface area contributed by atoms with Crippen LogP contribution in [0.2, 0.25) is 0 Å². The zero-order chi connectivity index (χ0) is 23.1. The van der Waals surface area contributed by atoms with Crippen molar-refractivity contribution in [1.82, 2.24) is 14.9 Å². The molecule has 1 N–H and O–H groups in total. The van der Waals surface area contributed by atoms with Crippen molar-refractivity contribution in [3.05, 3.63) is 53.1 Å². The fraction of sp³-hybridized carbons (Fsp3) is 0.455. The van der Waals surface area contributed by atoms with Crippen LogP contribution in [0.15, 0.2) is 30.6 Å². The number of carbonyl (C=O) groups excluding carboxylic acids is 1. The molecular formula is C22H22F3N5O2. The molecule has 0 spiro atoms. The second-order valence-corrected chi connectivity index (χ2v) is 8.48. The summed E-state index contributed by atoms with van der Waals surface area (Å²) < 4.78 is 40.1. The number of rotatable bonds is 3. The van der Waals surface area contributed by atoms with Crippen molar-refractivity contribution in [3.63, 3.8) is 0 Å². The first-order chi connectivity index (χ1) is 15.2. The lowest BCUT2D eigenvalue weighted by atomic mass is 9.73.